The second-order valence-corrected chi connectivity index (χ2v) is 6.89. The summed E-state index contributed by atoms with van der Waals surface area (Å²) in [7, 11) is 0. The Labute approximate surface area is 130 Å². The first-order chi connectivity index (χ1) is 10.1. The SMILES string of the molecule is CCCNC(C)c1ccccc1N1CCC(C)(CC)CC1. The monoisotopic (exact) mass is 288 g/mol. The van der Waals surface area contributed by atoms with E-state index in [9.17, 15) is 0 Å². The number of anilines is 1. The summed E-state index contributed by atoms with van der Waals surface area (Å²) in [5.74, 6) is 0. The van der Waals surface area contributed by atoms with Crippen LogP contribution in [0.5, 0.6) is 0 Å². The van der Waals surface area contributed by atoms with Crippen LogP contribution in [0.3, 0.4) is 0 Å². The van der Waals surface area contributed by atoms with E-state index in [1.165, 1.54) is 50.0 Å². The van der Waals surface area contributed by atoms with Crippen molar-refractivity contribution < 1.29 is 0 Å². The third-order valence-corrected chi connectivity index (χ3v) is 5.27. The summed E-state index contributed by atoms with van der Waals surface area (Å²) < 4.78 is 0. The molecule has 1 saturated heterocycles. The van der Waals surface area contributed by atoms with Gasteiger partial charge in [0.25, 0.3) is 0 Å². The third-order valence-electron chi connectivity index (χ3n) is 5.27. The van der Waals surface area contributed by atoms with Crippen LogP contribution in [0.4, 0.5) is 5.69 Å². The van der Waals surface area contributed by atoms with Crippen LogP contribution in [0.25, 0.3) is 0 Å². The van der Waals surface area contributed by atoms with Crippen molar-refractivity contribution in [2.24, 2.45) is 5.41 Å². The van der Waals surface area contributed by atoms with Gasteiger partial charge in [0.05, 0.1) is 0 Å². The molecule has 1 aromatic carbocycles. The zero-order valence-electron chi connectivity index (χ0n) is 14.3. The lowest BCUT2D eigenvalue weighted by Crippen LogP contribution is -2.39. The molecule has 118 valence electrons. The molecule has 0 radical (unpaired) electrons. The van der Waals surface area contributed by atoms with E-state index in [1.807, 2.05) is 0 Å². The first kappa shape index (κ1) is 16.4. The van der Waals surface area contributed by atoms with Gasteiger partial charge in [0.1, 0.15) is 0 Å². The van der Waals surface area contributed by atoms with Crippen molar-refractivity contribution in [3.8, 4) is 0 Å². The Morgan fingerprint density at radius 3 is 2.48 bits per heavy atom. The lowest BCUT2D eigenvalue weighted by Gasteiger charge is -2.41. The molecular formula is C19H32N2. The average molecular weight is 288 g/mol. The van der Waals surface area contributed by atoms with Gasteiger partial charge in [-0.25, -0.2) is 0 Å². The molecule has 0 amide bonds. The molecule has 0 aliphatic carbocycles. The van der Waals surface area contributed by atoms with Gasteiger partial charge in [-0.05, 0) is 49.8 Å². The normalized spacial score (nSPS) is 19.5. The molecule has 0 aromatic heterocycles. The van der Waals surface area contributed by atoms with E-state index in [0.717, 1.165) is 6.54 Å². The molecule has 1 fully saturated rings. The van der Waals surface area contributed by atoms with Crippen LogP contribution in [0.15, 0.2) is 24.3 Å². The molecule has 2 nitrogen and oxygen atoms in total. The number of nitrogens with zero attached hydrogens (tertiary/aromatic N) is 1. The van der Waals surface area contributed by atoms with Gasteiger partial charge in [-0.3, -0.25) is 0 Å². The lowest BCUT2D eigenvalue weighted by molar-refractivity contribution is 0.238. The molecule has 0 spiro atoms. The highest BCUT2D eigenvalue weighted by molar-refractivity contribution is 5.55. The van der Waals surface area contributed by atoms with Gasteiger partial charge in [0.15, 0.2) is 0 Å². The highest BCUT2D eigenvalue weighted by Crippen LogP contribution is 2.37. The standard InChI is InChI=1S/C19H32N2/c1-5-13-20-16(3)17-9-7-8-10-18(17)21-14-11-19(4,6-2)12-15-21/h7-10,16,20H,5-6,11-15H2,1-4H3. The largest absolute Gasteiger partial charge is 0.371 e. The molecule has 0 saturated carbocycles. The van der Waals surface area contributed by atoms with Gasteiger partial charge in [-0.15, -0.1) is 0 Å². The van der Waals surface area contributed by atoms with Gasteiger partial charge in [-0.2, -0.15) is 0 Å². The van der Waals surface area contributed by atoms with Crippen LogP contribution in [0, 0.1) is 5.41 Å². The molecule has 1 N–H and O–H groups in total. The number of piperidine rings is 1. The van der Waals surface area contributed by atoms with Crippen molar-refractivity contribution in [3.05, 3.63) is 29.8 Å². The van der Waals surface area contributed by atoms with Crippen molar-refractivity contribution >= 4 is 5.69 Å². The summed E-state index contributed by atoms with van der Waals surface area (Å²) in [6.07, 6.45) is 5.12. The topological polar surface area (TPSA) is 15.3 Å². The summed E-state index contributed by atoms with van der Waals surface area (Å²) in [6.45, 7) is 12.8. The molecule has 1 unspecified atom stereocenters. The quantitative estimate of drug-likeness (QED) is 0.811. The van der Waals surface area contributed by atoms with Gasteiger partial charge >= 0.3 is 0 Å². The Balaban J connectivity index is 2.10. The fourth-order valence-corrected chi connectivity index (χ4v) is 3.25. The molecule has 2 rings (SSSR count). The first-order valence-electron chi connectivity index (χ1n) is 8.67. The van der Waals surface area contributed by atoms with Crippen LogP contribution < -0.4 is 10.2 Å². The lowest BCUT2D eigenvalue weighted by atomic mass is 9.78. The minimum absolute atomic E-state index is 0.431. The van der Waals surface area contributed by atoms with Gasteiger partial charge in [0.2, 0.25) is 0 Å². The predicted octanol–water partition coefficient (Wildman–Crippen LogP) is 4.76. The molecule has 21 heavy (non-hydrogen) atoms. The Bertz CT molecular complexity index is 433. The molecule has 1 atom stereocenters. The van der Waals surface area contributed by atoms with Gasteiger partial charge in [0, 0.05) is 24.8 Å². The van der Waals surface area contributed by atoms with Gasteiger partial charge < -0.3 is 10.2 Å². The molecule has 1 aliphatic rings. The van der Waals surface area contributed by atoms with Gasteiger partial charge in [-0.1, -0.05) is 45.4 Å². The Morgan fingerprint density at radius 1 is 1.19 bits per heavy atom. The smallest absolute Gasteiger partial charge is 0.0414 e. The Kier molecular flexibility index (Phi) is 5.69. The van der Waals surface area contributed by atoms with Crippen molar-refractivity contribution in [2.75, 3.05) is 24.5 Å². The van der Waals surface area contributed by atoms with Crippen molar-refractivity contribution in [1.82, 2.24) is 5.32 Å². The molecular weight excluding hydrogens is 256 g/mol. The molecule has 1 aliphatic heterocycles. The molecule has 2 heteroatoms. The van der Waals surface area contributed by atoms with Crippen molar-refractivity contribution in [2.45, 2.75) is 59.4 Å². The van der Waals surface area contributed by atoms with E-state index >= 15 is 0 Å². The molecule has 1 aromatic rings. The maximum Gasteiger partial charge on any atom is 0.0414 e. The number of benzene rings is 1. The van der Waals surface area contributed by atoms with E-state index in [4.69, 9.17) is 0 Å². The number of para-hydroxylation sites is 1. The van der Waals surface area contributed by atoms with E-state index in [1.54, 1.807) is 0 Å². The summed E-state index contributed by atoms with van der Waals surface area (Å²) in [6, 6.07) is 9.37. The minimum Gasteiger partial charge on any atom is -0.371 e. The molecule has 1 heterocycles. The summed E-state index contributed by atoms with van der Waals surface area (Å²) in [5.41, 5.74) is 3.44. The third kappa shape index (κ3) is 4.00. The molecule has 0 bridgehead atoms. The predicted molar refractivity (Wildman–Crippen MR) is 93.0 cm³/mol. The van der Waals surface area contributed by atoms with Crippen molar-refractivity contribution in [3.63, 3.8) is 0 Å². The fourth-order valence-electron chi connectivity index (χ4n) is 3.25. The van der Waals surface area contributed by atoms with Crippen LogP contribution in [0.1, 0.15) is 65.0 Å². The Morgan fingerprint density at radius 2 is 1.86 bits per heavy atom. The first-order valence-corrected chi connectivity index (χ1v) is 8.67. The van der Waals surface area contributed by atoms with Crippen LogP contribution in [-0.4, -0.2) is 19.6 Å². The van der Waals surface area contributed by atoms with E-state index in [2.05, 4.69) is 62.2 Å². The maximum absolute atomic E-state index is 3.63. The summed E-state index contributed by atoms with van der Waals surface area (Å²) >= 11 is 0. The fraction of sp³-hybridized carbons (Fsp3) is 0.684. The van der Waals surface area contributed by atoms with E-state index in [0.29, 0.717) is 11.5 Å². The maximum atomic E-state index is 3.63. The minimum atomic E-state index is 0.431. The highest BCUT2D eigenvalue weighted by atomic mass is 15.1. The average Bonchev–Trinajstić information content (AvgIpc) is 2.53. The highest BCUT2D eigenvalue weighted by Gasteiger charge is 2.29. The van der Waals surface area contributed by atoms with Crippen LogP contribution in [-0.2, 0) is 0 Å². The van der Waals surface area contributed by atoms with E-state index in [-0.39, 0.29) is 0 Å². The van der Waals surface area contributed by atoms with E-state index < -0.39 is 0 Å². The van der Waals surface area contributed by atoms with Crippen molar-refractivity contribution in [1.29, 1.82) is 0 Å². The zero-order valence-corrected chi connectivity index (χ0v) is 14.3. The van der Waals surface area contributed by atoms with Crippen LogP contribution >= 0.6 is 0 Å². The second-order valence-electron chi connectivity index (χ2n) is 6.89. The zero-order chi connectivity index (χ0) is 15.3. The Hall–Kier alpha value is -1.02. The summed E-state index contributed by atoms with van der Waals surface area (Å²) in [4.78, 5) is 2.59. The number of hydrogen-bond acceptors (Lipinski definition) is 2. The summed E-state index contributed by atoms with van der Waals surface area (Å²) in [5, 5.41) is 3.63. The number of nitrogens with one attached hydrogen (secondary N) is 1. The van der Waals surface area contributed by atoms with Crippen LogP contribution in [0.2, 0.25) is 0 Å². The number of rotatable bonds is 6. The second kappa shape index (κ2) is 7.31. The number of hydrogen-bond donors (Lipinski definition) is 1.